The van der Waals surface area contributed by atoms with Crippen LogP contribution in [0.3, 0.4) is 0 Å². The highest BCUT2D eigenvalue weighted by Crippen LogP contribution is 2.37. The lowest BCUT2D eigenvalue weighted by atomic mass is 10.0. The average Bonchev–Trinajstić information content (AvgIpc) is 2.37. The van der Waals surface area contributed by atoms with Crippen LogP contribution in [-0.4, -0.2) is 36.2 Å². The summed E-state index contributed by atoms with van der Waals surface area (Å²) in [7, 11) is 0. The summed E-state index contributed by atoms with van der Waals surface area (Å²) in [6, 6.07) is 3.22. The van der Waals surface area contributed by atoms with Crippen LogP contribution in [-0.2, 0) is 0 Å². The second kappa shape index (κ2) is 5.93. The molecule has 2 N–H and O–H groups in total. The molecule has 0 amide bonds. The maximum absolute atomic E-state index is 10.1. The van der Waals surface area contributed by atoms with Gasteiger partial charge in [-0.2, -0.15) is 0 Å². The molecular formula is C13H16Cl2N2O. The fourth-order valence-electron chi connectivity index (χ4n) is 2.24. The third kappa shape index (κ3) is 2.81. The Bertz CT molecular complexity index is 445. The van der Waals surface area contributed by atoms with E-state index in [1.54, 1.807) is 12.1 Å². The SMILES string of the molecule is C=C[C@H](c1cc(Cl)cc(Cl)c1O)N1CCNCC1. The maximum atomic E-state index is 10.1. The van der Waals surface area contributed by atoms with Gasteiger partial charge in [0.05, 0.1) is 11.1 Å². The maximum Gasteiger partial charge on any atom is 0.139 e. The first-order valence-electron chi connectivity index (χ1n) is 5.88. The number of phenols is 1. The number of nitrogens with zero attached hydrogens (tertiary/aromatic N) is 1. The number of hydrogen-bond acceptors (Lipinski definition) is 3. The molecule has 1 aromatic rings. The van der Waals surface area contributed by atoms with E-state index in [1.807, 2.05) is 6.08 Å². The number of halogens is 2. The lowest BCUT2D eigenvalue weighted by Gasteiger charge is -2.33. The molecule has 0 radical (unpaired) electrons. The molecule has 1 fully saturated rings. The van der Waals surface area contributed by atoms with Crippen LogP contribution in [0, 0.1) is 0 Å². The van der Waals surface area contributed by atoms with Crippen LogP contribution in [0.4, 0.5) is 0 Å². The number of rotatable bonds is 3. The van der Waals surface area contributed by atoms with E-state index in [9.17, 15) is 5.11 Å². The number of piperazine rings is 1. The first kappa shape index (κ1) is 13.7. The molecule has 0 aromatic heterocycles. The van der Waals surface area contributed by atoms with Crippen LogP contribution in [0.2, 0.25) is 10.0 Å². The monoisotopic (exact) mass is 286 g/mol. The normalized spacial score (nSPS) is 18.6. The third-order valence-electron chi connectivity index (χ3n) is 3.14. The molecule has 18 heavy (non-hydrogen) atoms. The highest BCUT2D eigenvalue weighted by atomic mass is 35.5. The first-order chi connectivity index (χ1) is 8.63. The molecule has 5 heteroatoms. The zero-order valence-electron chi connectivity index (χ0n) is 10.00. The molecule has 1 atom stereocenters. The van der Waals surface area contributed by atoms with Crippen LogP contribution in [0.5, 0.6) is 5.75 Å². The lowest BCUT2D eigenvalue weighted by molar-refractivity contribution is 0.201. The van der Waals surface area contributed by atoms with E-state index in [2.05, 4.69) is 16.8 Å². The Kier molecular flexibility index (Phi) is 4.51. The second-order valence-electron chi connectivity index (χ2n) is 4.29. The van der Waals surface area contributed by atoms with Gasteiger partial charge in [0.25, 0.3) is 0 Å². The van der Waals surface area contributed by atoms with Crippen molar-refractivity contribution in [1.82, 2.24) is 10.2 Å². The summed E-state index contributed by atoms with van der Waals surface area (Å²) in [5, 5.41) is 14.2. The molecule has 1 heterocycles. The Morgan fingerprint density at radius 3 is 2.61 bits per heavy atom. The van der Waals surface area contributed by atoms with E-state index in [0.717, 1.165) is 26.2 Å². The Hall–Kier alpha value is -0.740. The van der Waals surface area contributed by atoms with Crippen LogP contribution in [0.25, 0.3) is 0 Å². The van der Waals surface area contributed by atoms with Crippen molar-refractivity contribution in [3.05, 3.63) is 40.4 Å². The molecule has 2 rings (SSSR count). The molecule has 0 aliphatic carbocycles. The van der Waals surface area contributed by atoms with Crippen molar-refractivity contribution in [2.24, 2.45) is 0 Å². The number of aromatic hydroxyl groups is 1. The summed E-state index contributed by atoms with van der Waals surface area (Å²) < 4.78 is 0. The van der Waals surface area contributed by atoms with Gasteiger partial charge in [-0.1, -0.05) is 29.3 Å². The summed E-state index contributed by atoms with van der Waals surface area (Å²) in [5.74, 6) is 0.0875. The summed E-state index contributed by atoms with van der Waals surface area (Å²) >= 11 is 12.0. The quantitative estimate of drug-likeness (QED) is 0.839. The molecule has 0 unspecified atom stereocenters. The van der Waals surface area contributed by atoms with Crippen LogP contribution >= 0.6 is 23.2 Å². The van der Waals surface area contributed by atoms with Crippen LogP contribution < -0.4 is 5.32 Å². The minimum Gasteiger partial charge on any atom is -0.506 e. The molecule has 3 nitrogen and oxygen atoms in total. The van der Waals surface area contributed by atoms with E-state index in [0.29, 0.717) is 10.6 Å². The second-order valence-corrected chi connectivity index (χ2v) is 5.14. The zero-order chi connectivity index (χ0) is 13.1. The molecule has 0 spiro atoms. The summed E-state index contributed by atoms with van der Waals surface area (Å²) in [6.07, 6.45) is 1.81. The van der Waals surface area contributed by atoms with Crippen molar-refractivity contribution in [1.29, 1.82) is 0 Å². The average molecular weight is 287 g/mol. The Morgan fingerprint density at radius 1 is 1.33 bits per heavy atom. The number of benzene rings is 1. The standard InChI is InChI=1S/C13H16Cl2N2O/c1-2-12(17-5-3-16-4-6-17)10-7-9(14)8-11(15)13(10)18/h2,7-8,12,16,18H,1,3-6H2/t12-/m1/s1. The number of nitrogens with one attached hydrogen (secondary N) is 1. The smallest absolute Gasteiger partial charge is 0.139 e. The molecule has 1 aliphatic rings. The van der Waals surface area contributed by atoms with E-state index in [-0.39, 0.29) is 16.8 Å². The van der Waals surface area contributed by atoms with Crippen molar-refractivity contribution in [2.75, 3.05) is 26.2 Å². The predicted octanol–water partition coefficient (Wildman–Crippen LogP) is 2.83. The van der Waals surface area contributed by atoms with Crippen molar-refractivity contribution < 1.29 is 5.11 Å². The molecule has 1 aliphatic heterocycles. The van der Waals surface area contributed by atoms with Gasteiger partial charge in [-0.15, -0.1) is 6.58 Å². The first-order valence-corrected chi connectivity index (χ1v) is 6.64. The van der Waals surface area contributed by atoms with Gasteiger partial charge in [-0.3, -0.25) is 4.90 Å². The van der Waals surface area contributed by atoms with E-state index in [4.69, 9.17) is 23.2 Å². The minimum atomic E-state index is -0.0664. The predicted molar refractivity (Wildman–Crippen MR) is 75.5 cm³/mol. The number of hydrogen-bond donors (Lipinski definition) is 2. The summed E-state index contributed by atoms with van der Waals surface area (Å²) in [6.45, 7) is 7.52. The van der Waals surface area contributed by atoms with E-state index in [1.165, 1.54) is 0 Å². The molecule has 1 aromatic carbocycles. The van der Waals surface area contributed by atoms with Crippen molar-refractivity contribution >= 4 is 23.2 Å². The van der Waals surface area contributed by atoms with Gasteiger partial charge < -0.3 is 10.4 Å². The highest BCUT2D eigenvalue weighted by molar-refractivity contribution is 6.35. The van der Waals surface area contributed by atoms with Crippen molar-refractivity contribution in [3.63, 3.8) is 0 Å². The Labute approximate surface area is 117 Å². The van der Waals surface area contributed by atoms with E-state index >= 15 is 0 Å². The van der Waals surface area contributed by atoms with Gasteiger partial charge in [0.1, 0.15) is 5.75 Å². The van der Waals surface area contributed by atoms with Crippen molar-refractivity contribution in [2.45, 2.75) is 6.04 Å². The zero-order valence-corrected chi connectivity index (χ0v) is 11.5. The largest absolute Gasteiger partial charge is 0.506 e. The van der Waals surface area contributed by atoms with Crippen LogP contribution in [0.1, 0.15) is 11.6 Å². The highest BCUT2D eigenvalue weighted by Gasteiger charge is 2.23. The minimum absolute atomic E-state index is 0.0664. The molecule has 98 valence electrons. The third-order valence-corrected chi connectivity index (χ3v) is 3.65. The fourth-order valence-corrected chi connectivity index (χ4v) is 2.75. The van der Waals surface area contributed by atoms with Gasteiger partial charge in [0.2, 0.25) is 0 Å². The van der Waals surface area contributed by atoms with Crippen molar-refractivity contribution in [3.8, 4) is 5.75 Å². The topological polar surface area (TPSA) is 35.5 Å². The van der Waals surface area contributed by atoms with Gasteiger partial charge in [0.15, 0.2) is 0 Å². The Morgan fingerprint density at radius 2 is 2.00 bits per heavy atom. The van der Waals surface area contributed by atoms with E-state index < -0.39 is 0 Å². The molecule has 0 saturated carbocycles. The fraction of sp³-hybridized carbons (Fsp3) is 0.385. The lowest BCUT2D eigenvalue weighted by Crippen LogP contribution is -2.44. The Balaban J connectivity index is 2.34. The van der Waals surface area contributed by atoms with Gasteiger partial charge >= 0.3 is 0 Å². The number of phenolic OH excluding ortho intramolecular Hbond substituents is 1. The van der Waals surface area contributed by atoms with Crippen LogP contribution in [0.15, 0.2) is 24.8 Å². The molecule has 0 bridgehead atoms. The molecular weight excluding hydrogens is 271 g/mol. The molecule has 1 saturated heterocycles. The summed E-state index contributed by atoms with van der Waals surface area (Å²) in [5.41, 5.74) is 0.712. The van der Waals surface area contributed by atoms with Gasteiger partial charge in [-0.25, -0.2) is 0 Å². The van der Waals surface area contributed by atoms with Gasteiger partial charge in [0, 0.05) is 36.8 Å². The summed E-state index contributed by atoms with van der Waals surface area (Å²) in [4.78, 5) is 2.24. The van der Waals surface area contributed by atoms with Gasteiger partial charge in [-0.05, 0) is 12.1 Å².